The number of imidazole rings is 1. The van der Waals surface area contributed by atoms with E-state index in [9.17, 15) is 14.4 Å². The molecule has 11 nitrogen and oxygen atoms in total. The van der Waals surface area contributed by atoms with Gasteiger partial charge >= 0.3 is 5.69 Å². The molecule has 0 saturated heterocycles. The summed E-state index contributed by atoms with van der Waals surface area (Å²) < 4.78 is 3.71. The first kappa shape index (κ1) is 19.6. The van der Waals surface area contributed by atoms with Gasteiger partial charge in [0.2, 0.25) is 5.91 Å². The van der Waals surface area contributed by atoms with Gasteiger partial charge in [0.05, 0.1) is 12.0 Å². The number of aromatic nitrogens is 7. The summed E-state index contributed by atoms with van der Waals surface area (Å²) in [4.78, 5) is 54.3. The van der Waals surface area contributed by atoms with E-state index < -0.39 is 17.3 Å². The number of carbonyl (C=O) groups excluding carboxylic acids is 1. The predicted octanol–water partition coefficient (Wildman–Crippen LogP) is 0.855. The van der Waals surface area contributed by atoms with Crippen molar-refractivity contribution in [2.45, 2.75) is 19.9 Å². The first-order valence-electron chi connectivity index (χ1n) is 8.96. The number of aryl methyl sites for hydroxylation is 2. The molecule has 0 aliphatic carbocycles. The molecule has 1 amide bonds. The van der Waals surface area contributed by atoms with E-state index in [0.717, 1.165) is 10.1 Å². The van der Waals surface area contributed by atoms with E-state index in [4.69, 9.17) is 0 Å². The van der Waals surface area contributed by atoms with E-state index in [2.05, 4.69) is 25.3 Å². The number of rotatable bonds is 4. The zero-order valence-corrected chi connectivity index (χ0v) is 17.5. The summed E-state index contributed by atoms with van der Waals surface area (Å²) in [6.07, 6.45) is 4.72. The van der Waals surface area contributed by atoms with E-state index in [-0.39, 0.29) is 17.1 Å². The van der Waals surface area contributed by atoms with E-state index in [1.807, 2.05) is 0 Å². The Morgan fingerprint density at radius 2 is 1.83 bits per heavy atom. The lowest BCUT2D eigenvalue weighted by Crippen LogP contribution is -2.38. The largest absolute Gasteiger partial charge is 0.332 e. The van der Waals surface area contributed by atoms with E-state index in [1.165, 1.54) is 40.9 Å². The average molecular weight is 426 g/mol. The Bertz CT molecular complexity index is 1380. The molecular formula is C18H18N8O3S. The highest BCUT2D eigenvalue weighted by molar-refractivity contribution is 7.14. The minimum Gasteiger partial charge on any atom is -0.312 e. The van der Waals surface area contributed by atoms with Crippen molar-refractivity contribution in [1.82, 2.24) is 33.6 Å². The van der Waals surface area contributed by atoms with Crippen molar-refractivity contribution < 1.29 is 4.79 Å². The van der Waals surface area contributed by atoms with Gasteiger partial charge < -0.3 is 9.88 Å². The maximum absolute atomic E-state index is 12.8. The van der Waals surface area contributed by atoms with Crippen LogP contribution in [-0.2, 0) is 18.9 Å². The third-order valence-electron chi connectivity index (χ3n) is 4.78. The van der Waals surface area contributed by atoms with Crippen LogP contribution in [0.5, 0.6) is 0 Å². The van der Waals surface area contributed by atoms with E-state index in [0.29, 0.717) is 16.6 Å². The van der Waals surface area contributed by atoms with Crippen LogP contribution in [0.25, 0.3) is 22.4 Å². The van der Waals surface area contributed by atoms with Crippen LogP contribution in [-0.4, -0.2) is 39.5 Å². The number of hydrogen-bond donors (Lipinski definition) is 1. The van der Waals surface area contributed by atoms with Gasteiger partial charge in [-0.05, 0) is 13.8 Å². The number of nitrogens with zero attached hydrogens (tertiary/aromatic N) is 7. The molecule has 1 N–H and O–H groups in total. The molecule has 0 radical (unpaired) electrons. The molecule has 1 atom stereocenters. The number of anilines is 1. The fourth-order valence-corrected chi connectivity index (χ4v) is 3.71. The van der Waals surface area contributed by atoms with Crippen LogP contribution >= 0.6 is 11.3 Å². The van der Waals surface area contributed by atoms with Gasteiger partial charge in [-0.1, -0.05) is 0 Å². The Morgan fingerprint density at radius 3 is 2.53 bits per heavy atom. The summed E-state index contributed by atoms with van der Waals surface area (Å²) in [5.74, 6) is 0.291. The van der Waals surface area contributed by atoms with Crippen LogP contribution < -0.4 is 16.6 Å². The van der Waals surface area contributed by atoms with Crippen molar-refractivity contribution in [3.8, 4) is 11.3 Å². The second-order valence-corrected chi connectivity index (χ2v) is 7.61. The molecular weight excluding hydrogens is 408 g/mol. The molecule has 0 aromatic carbocycles. The molecule has 12 heteroatoms. The first-order chi connectivity index (χ1) is 14.3. The summed E-state index contributed by atoms with van der Waals surface area (Å²) in [7, 11) is 2.91. The number of nitrogens with one attached hydrogen (secondary N) is 1. The number of fused-ring (bicyclic) bond motifs is 1. The number of thiazole rings is 1. The number of hydrogen-bond acceptors (Lipinski definition) is 8. The molecule has 0 aliphatic heterocycles. The standard InChI is InChI=1S/C18H18N8O3S/c1-9(26-8-21-14-13(26)16(28)25(4)18(29)24(14)3)15(27)23-17-22-12(7-30-17)11-5-19-10(2)20-6-11/h5-9H,1-4H3,(H,22,23,27). The highest BCUT2D eigenvalue weighted by atomic mass is 32.1. The highest BCUT2D eigenvalue weighted by Gasteiger charge is 2.22. The van der Waals surface area contributed by atoms with Crippen molar-refractivity contribution >= 4 is 33.5 Å². The Labute approximate surface area is 173 Å². The smallest absolute Gasteiger partial charge is 0.312 e. The molecule has 4 aromatic heterocycles. The lowest BCUT2D eigenvalue weighted by Gasteiger charge is -2.13. The van der Waals surface area contributed by atoms with Crippen LogP contribution in [0.15, 0.2) is 33.7 Å². The third-order valence-corrected chi connectivity index (χ3v) is 5.54. The second-order valence-electron chi connectivity index (χ2n) is 6.75. The molecule has 4 aromatic rings. The number of carbonyl (C=O) groups is 1. The quantitative estimate of drug-likeness (QED) is 0.512. The lowest BCUT2D eigenvalue weighted by molar-refractivity contribution is -0.118. The van der Waals surface area contributed by atoms with Crippen molar-refractivity contribution in [2.24, 2.45) is 14.1 Å². The molecule has 154 valence electrons. The zero-order valence-electron chi connectivity index (χ0n) is 16.7. The molecule has 0 saturated carbocycles. The minimum atomic E-state index is -0.754. The third kappa shape index (κ3) is 3.20. The average Bonchev–Trinajstić information content (AvgIpc) is 3.38. The van der Waals surface area contributed by atoms with Gasteiger partial charge in [-0.25, -0.2) is 24.7 Å². The van der Waals surface area contributed by atoms with Crippen LogP contribution in [0, 0.1) is 6.92 Å². The Kier molecular flexibility index (Phi) is 4.78. The molecule has 4 rings (SSSR count). The first-order valence-corrected chi connectivity index (χ1v) is 9.84. The maximum atomic E-state index is 12.8. The summed E-state index contributed by atoms with van der Waals surface area (Å²) in [5, 5.41) is 4.97. The van der Waals surface area contributed by atoms with Gasteiger partial charge in [-0.3, -0.25) is 18.7 Å². The van der Waals surface area contributed by atoms with Crippen molar-refractivity contribution in [3.63, 3.8) is 0 Å². The summed E-state index contributed by atoms with van der Waals surface area (Å²) in [6, 6.07) is -0.754. The molecule has 0 bridgehead atoms. The zero-order chi connectivity index (χ0) is 21.6. The fourth-order valence-electron chi connectivity index (χ4n) is 2.98. The minimum absolute atomic E-state index is 0.180. The van der Waals surface area contributed by atoms with Gasteiger partial charge in [0, 0.05) is 37.4 Å². The summed E-state index contributed by atoms with van der Waals surface area (Å²) in [5.41, 5.74) is 0.805. The molecule has 0 fully saturated rings. The fraction of sp³-hybridized carbons (Fsp3) is 0.278. The van der Waals surface area contributed by atoms with Gasteiger partial charge in [0.25, 0.3) is 5.56 Å². The monoisotopic (exact) mass is 426 g/mol. The van der Waals surface area contributed by atoms with E-state index >= 15 is 0 Å². The molecule has 0 aliphatic rings. The Morgan fingerprint density at radius 1 is 1.13 bits per heavy atom. The molecule has 4 heterocycles. The SMILES string of the molecule is Cc1ncc(-c2csc(NC(=O)C(C)n3cnc4c3c(=O)n(C)c(=O)n4C)n2)cn1. The Hall–Kier alpha value is -3.67. The molecule has 0 spiro atoms. The normalized spacial score (nSPS) is 12.3. The molecule has 1 unspecified atom stereocenters. The van der Waals surface area contributed by atoms with Crippen molar-refractivity contribution in [2.75, 3.05) is 5.32 Å². The highest BCUT2D eigenvalue weighted by Crippen LogP contribution is 2.25. The van der Waals surface area contributed by atoms with Crippen LogP contribution in [0.2, 0.25) is 0 Å². The van der Waals surface area contributed by atoms with Crippen LogP contribution in [0.1, 0.15) is 18.8 Å². The Balaban J connectivity index is 1.62. The topological polar surface area (TPSA) is 130 Å². The van der Waals surface area contributed by atoms with Crippen molar-refractivity contribution in [1.29, 1.82) is 0 Å². The van der Waals surface area contributed by atoms with Gasteiger partial charge in [0.1, 0.15) is 11.9 Å². The van der Waals surface area contributed by atoms with Gasteiger partial charge in [-0.2, -0.15) is 0 Å². The van der Waals surface area contributed by atoms with E-state index in [1.54, 1.807) is 31.6 Å². The van der Waals surface area contributed by atoms with Crippen LogP contribution in [0.4, 0.5) is 5.13 Å². The predicted molar refractivity (Wildman–Crippen MR) is 111 cm³/mol. The lowest BCUT2D eigenvalue weighted by atomic mass is 10.3. The van der Waals surface area contributed by atoms with Crippen molar-refractivity contribution in [3.05, 3.63) is 50.8 Å². The molecule has 30 heavy (non-hydrogen) atoms. The maximum Gasteiger partial charge on any atom is 0.332 e. The van der Waals surface area contributed by atoms with Crippen LogP contribution in [0.3, 0.4) is 0 Å². The second kappa shape index (κ2) is 7.30. The van der Waals surface area contributed by atoms with Gasteiger partial charge in [0.15, 0.2) is 16.3 Å². The van der Waals surface area contributed by atoms with Gasteiger partial charge in [-0.15, -0.1) is 11.3 Å². The summed E-state index contributed by atoms with van der Waals surface area (Å²) in [6.45, 7) is 3.44. The summed E-state index contributed by atoms with van der Waals surface area (Å²) >= 11 is 1.27. The number of amides is 1.